The van der Waals surface area contributed by atoms with Crippen molar-refractivity contribution in [3.05, 3.63) is 53.7 Å². The number of methoxy groups -OCH3 is 2. The maximum absolute atomic E-state index is 12.9. The summed E-state index contributed by atoms with van der Waals surface area (Å²) in [7, 11) is 2.83. The lowest BCUT2D eigenvalue weighted by atomic mass is 10.1. The van der Waals surface area contributed by atoms with Gasteiger partial charge < -0.3 is 14.2 Å². The summed E-state index contributed by atoms with van der Waals surface area (Å²) in [4.78, 5) is 29.7. The van der Waals surface area contributed by atoms with Gasteiger partial charge in [-0.25, -0.2) is 9.79 Å². The van der Waals surface area contributed by atoms with Crippen LogP contribution < -0.4 is 24.4 Å². The quantitative estimate of drug-likeness (QED) is 0.687. The van der Waals surface area contributed by atoms with Gasteiger partial charge >= 0.3 is 5.97 Å². The molecule has 0 aliphatic carbocycles. The van der Waals surface area contributed by atoms with Crippen molar-refractivity contribution < 1.29 is 19.0 Å². The number of carbonyl (C=O) groups excluding carboxylic acids is 1. The van der Waals surface area contributed by atoms with Gasteiger partial charge in [0.2, 0.25) is 0 Å². The zero-order valence-electron chi connectivity index (χ0n) is 15.9. The van der Waals surface area contributed by atoms with Gasteiger partial charge in [0.25, 0.3) is 5.56 Å². The number of fused-ring (bicyclic) bond motifs is 1. The Kier molecular flexibility index (Phi) is 5.90. The third-order valence-corrected chi connectivity index (χ3v) is 5.40. The Morgan fingerprint density at radius 2 is 2.14 bits per heavy atom. The van der Waals surface area contributed by atoms with Crippen LogP contribution in [0, 0.1) is 0 Å². The molecular weight excluding hydrogens is 404 g/mol. The van der Waals surface area contributed by atoms with E-state index >= 15 is 0 Å². The van der Waals surface area contributed by atoms with Gasteiger partial charge in [-0.1, -0.05) is 22.9 Å². The molecule has 9 heteroatoms. The number of nitrogens with zero attached hydrogens (tertiary/aromatic N) is 2. The zero-order valence-corrected chi connectivity index (χ0v) is 17.4. The van der Waals surface area contributed by atoms with Crippen LogP contribution in [0.1, 0.15) is 19.4 Å². The first kappa shape index (κ1) is 20.2. The Bertz CT molecular complexity index is 1150. The number of carbonyl (C=O) groups is 1. The molecule has 148 valence electrons. The van der Waals surface area contributed by atoms with E-state index < -0.39 is 5.97 Å². The molecule has 0 atom stereocenters. The van der Waals surface area contributed by atoms with Gasteiger partial charge in [0, 0.05) is 16.7 Å². The molecule has 0 saturated carbocycles. The molecule has 0 fully saturated rings. The predicted molar refractivity (Wildman–Crippen MR) is 107 cm³/mol. The standard InChI is InChI=1S/C19H19ClN2O5S/c1-5-27-16-11(6-12(20)8-14(16)25-3)7-15-17(23)22-9-13(18(24)26-4)10(2)21-19(22)28-15/h6-8H,5,9H2,1-4H3/b15-7+. The molecule has 0 spiro atoms. The number of rotatable bonds is 5. The van der Waals surface area contributed by atoms with Crippen molar-refractivity contribution in [2.75, 3.05) is 20.8 Å². The second-order valence-electron chi connectivity index (χ2n) is 5.91. The maximum Gasteiger partial charge on any atom is 0.337 e. The van der Waals surface area contributed by atoms with Crippen LogP contribution in [-0.4, -0.2) is 31.4 Å². The average molecular weight is 423 g/mol. The molecule has 0 saturated heterocycles. The highest BCUT2D eigenvalue weighted by Gasteiger charge is 2.21. The first-order chi connectivity index (χ1) is 13.4. The van der Waals surface area contributed by atoms with E-state index in [1.165, 1.54) is 30.1 Å². The number of hydrogen-bond donors (Lipinski definition) is 0. The summed E-state index contributed by atoms with van der Waals surface area (Å²) in [6.07, 6.45) is 1.69. The van der Waals surface area contributed by atoms with Gasteiger partial charge in [-0.15, -0.1) is 0 Å². The number of aromatic nitrogens is 1. The molecule has 1 aliphatic rings. The molecule has 1 aromatic heterocycles. The molecule has 2 heterocycles. The van der Waals surface area contributed by atoms with E-state index in [9.17, 15) is 9.59 Å². The van der Waals surface area contributed by atoms with Gasteiger partial charge in [-0.2, -0.15) is 0 Å². The van der Waals surface area contributed by atoms with Gasteiger partial charge in [-0.05, 0) is 26.0 Å². The molecular formula is C19H19ClN2O5S. The van der Waals surface area contributed by atoms with Crippen LogP contribution >= 0.6 is 22.9 Å². The number of benzene rings is 1. The van der Waals surface area contributed by atoms with Crippen molar-refractivity contribution >= 4 is 35.0 Å². The van der Waals surface area contributed by atoms with Gasteiger partial charge in [-0.3, -0.25) is 9.36 Å². The molecule has 0 unspecified atom stereocenters. The largest absolute Gasteiger partial charge is 0.493 e. The molecule has 0 bridgehead atoms. The number of thiazole rings is 1. The molecule has 1 aromatic carbocycles. The van der Waals surface area contributed by atoms with Crippen LogP contribution in [0.3, 0.4) is 0 Å². The Balaban J connectivity index is 2.17. The summed E-state index contributed by atoms with van der Waals surface area (Å²) in [5.41, 5.74) is 1.28. The monoisotopic (exact) mass is 422 g/mol. The number of allylic oxidation sites excluding steroid dienone is 1. The number of esters is 1. The second kappa shape index (κ2) is 8.20. The lowest BCUT2D eigenvalue weighted by molar-refractivity contribution is -0.136. The highest BCUT2D eigenvalue weighted by atomic mass is 35.5. The molecule has 0 N–H and O–H groups in total. The Labute approximate surface area is 170 Å². The molecule has 2 aromatic rings. The predicted octanol–water partition coefficient (Wildman–Crippen LogP) is 1.88. The number of halogens is 1. The van der Waals surface area contributed by atoms with Crippen LogP contribution in [0.2, 0.25) is 5.02 Å². The fraction of sp³-hybridized carbons (Fsp3) is 0.316. The minimum absolute atomic E-state index is 0.123. The van der Waals surface area contributed by atoms with E-state index in [0.717, 1.165) is 0 Å². The SMILES string of the molecule is CCOc1c(/C=c2/sc3n(c2=O)CC(C(=O)OC)=C(C)N=3)cc(Cl)cc1OC. The van der Waals surface area contributed by atoms with E-state index in [1.807, 2.05) is 6.92 Å². The fourth-order valence-electron chi connectivity index (χ4n) is 2.84. The van der Waals surface area contributed by atoms with Gasteiger partial charge in [0.15, 0.2) is 16.3 Å². The topological polar surface area (TPSA) is 79.1 Å². The maximum atomic E-state index is 12.9. The molecule has 7 nitrogen and oxygen atoms in total. The Hall–Kier alpha value is -2.58. The molecule has 0 amide bonds. The van der Waals surface area contributed by atoms with Crippen LogP contribution in [0.15, 0.2) is 33.2 Å². The van der Waals surface area contributed by atoms with E-state index in [0.29, 0.717) is 49.3 Å². The number of hydrogen-bond acceptors (Lipinski definition) is 7. The van der Waals surface area contributed by atoms with Crippen molar-refractivity contribution in [2.45, 2.75) is 20.4 Å². The first-order valence-electron chi connectivity index (χ1n) is 8.48. The van der Waals surface area contributed by atoms with Crippen molar-refractivity contribution in [3.63, 3.8) is 0 Å². The highest BCUT2D eigenvalue weighted by Crippen LogP contribution is 2.35. The lowest BCUT2D eigenvalue weighted by Crippen LogP contribution is -2.35. The Morgan fingerprint density at radius 1 is 1.39 bits per heavy atom. The third kappa shape index (κ3) is 3.70. The Morgan fingerprint density at radius 3 is 2.79 bits per heavy atom. The first-order valence-corrected chi connectivity index (χ1v) is 9.67. The van der Waals surface area contributed by atoms with Crippen LogP contribution in [0.25, 0.3) is 6.08 Å². The van der Waals surface area contributed by atoms with E-state index in [-0.39, 0.29) is 12.1 Å². The fourth-order valence-corrected chi connectivity index (χ4v) is 4.07. The van der Waals surface area contributed by atoms with Crippen molar-refractivity contribution in [1.82, 2.24) is 4.57 Å². The summed E-state index contributed by atoms with van der Waals surface area (Å²) < 4.78 is 17.7. The minimum atomic E-state index is -0.492. The van der Waals surface area contributed by atoms with Gasteiger partial charge in [0.1, 0.15) is 0 Å². The van der Waals surface area contributed by atoms with Crippen molar-refractivity contribution in [1.29, 1.82) is 0 Å². The third-order valence-electron chi connectivity index (χ3n) is 4.18. The normalized spacial score (nSPS) is 13.8. The second-order valence-corrected chi connectivity index (χ2v) is 7.36. The smallest absolute Gasteiger partial charge is 0.337 e. The van der Waals surface area contributed by atoms with Crippen LogP contribution in [0.4, 0.5) is 0 Å². The summed E-state index contributed by atoms with van der Waals surface area (Å²) >= 11 is 7.42. The molecule has 3 rings (SSSR count). The average Bonchev–Trinajstić information content (AvgIpc) is 2.96. The minimum Gasteiger partial charge on any atom is -0.493 e. The van der Waals surface area contributed by atoms with Crippen molar-refractivity contribution in [3.8, 4) is 11.5 Å². The summed E-state index contributed by atoms with van der Waals surface area (Å²) in [6.45, 7) is 4.13. The summed E-state index contributed by atoms with van der Waals surface area (Å²) in [5.74, 6) is 0.498. The van der Waals surface area contributed by atoms with E-state index in [2.05, 4.69) is 4.99 Å². The van der Waals surface area contributed by atoms with E-state index in [1.54, 1.807) is 25.1 Å². The number of ether oxygens (including phenoxy) is 3. The van der Waals surface area contributed by atoms with Crippen molar-refractivity contribution in [2.24, 2.45) is 4.99 Å². The zero-order chi connectivity index (χ0) is 20.4. The summed E-state index contributed by atoms with van der Waals surface area (Å²) in [6, 6.07) is 3.36. The summed E-state index contributed by atoms with van der Waals surface area (Å²) in [5, 5.41) is 0.461. The molecule has 0 radical (unpaired) electrons. The van der Waals surface area contributed by atoms with Gasteiger partial charge in [0.05, 0.1) is 43.2 Å². The van der Waals surface area contributed by atoms with Crippen LogP contribution in [0.5, 0.6) is 11.5 Å². The molecule has 28 heavy (non-hydrogen) atoms. The van der Waals surface area contributed by atoms with E-state index in [4.69, 9.17) is 25.8 Å². The van der Waals surface area contributed by atoms with Crippen LogP contribution in [-0.2, 0) is 16.1 Å². The molecule has 1 aliphatic heterocycles. The highest BCUT2D eigenvalue weighted by molar-refractivity contribution is 7.07. The lowest BCUT2D eigenvalue weighted by Gasteiger charge is -2.12.